The van der Waals surface area contributed by atoms with Crippen LogP contribution in [0.3, 0.4) is 0 Å². The Balaban J connectivity index is 2.20. The number of nitrogens with two attached hydrogens (primary N) is 1. The van der Waals surface area contributed by atoms with Crippen molar-refractivity contribution in [2.45, 2.75) is 0 Å². The maximum absolute atomic E-state index is 12.0. The number of hydrogen-bond donors (Lipinski definition) is 2. The molecule has 0 fully saturated rings. The van der Waals surface area contributed by atoms with Crippen molar-refractivity contribution < 1.29 is 4.79 Å². The van der Waals surface area contributed by atoms with Crippen LogP contribution in [-0.4, -0.2) is 12.5 Å². The van der Waals surface area contributed by atoms with Crippen LogP contribution in [0, 0.1) is 11.8 Å². The molecular weight excluding hydrogens is 272 g/mol. The average molecular weight is 285 g/mol. The third kappa shape index (κ3) is 3.61. The van der Waals surface area contributed by atoms with Crippen molar-refractivity contribution >= 4 is 23.2 Å². The summed E-state index contributed by atoms with van der Waals surface area (Å²) in [5, 5.41) is 3.34. The Morgan fingerprint density at radius 2 is 1.95 bits per heavy atom. The number of nitrogens with one attached hydrogen (secondary N) is 1. The number of benzene rings is 2. The molecule has 20 heavy (non-hydrogen) atoms. The summed E-state index contributed by atoms with van der Waals surface area (Å²) in [6.45, 7) is 0.261. The SMILES string of the molecule is NCC#Cc1cc(NC(=O)c2ccccc2)ccc1Cl. The van der Waals surface area contributed by atoms with Gasteiger partial charge in [0.25, 0.3) is 5.91 Å². The van der Waals surface area contributed by atoms with E-state index < -0.39 is 0 Å². The van der Waals surface area contributed by atoms with Gasteiger partial charge in [-0.25, -0.2) is 0 Å². The van der Waals surface area contributed by atoms with Crippen molar-refractivity contribution in [1.82, 2.24) is 0 Å². The summed E-state index contributed by atoms with van der Waals surface area (Å²) in [5.74, 6) is 5.43. The van der Waals surface area contributed by atoms with Gasteiger partial charge in [-0.05, 0) is 30.3 Å². The molecule has 0 heterocycles. The number of halogens is 1. The zero-order valence-corrected chi connectivity index (χ0v) is 11.4. The lowest BCUT2D eigenvalue weighted by molar-refractivity contribution is 0.102. The number of amides is 1. The molecule has 0 aromatic heterocycles. The number of carbonyl (C=O) groups excluding carboxylic acids is 1. The molecule has 0 aliphatic heterocycles. The van der Waals surface area contributed by atoms with Gasteiger partial charge >= 0.3 is 0 Å². The van der Waals surface area contributed by atoms with Crippen molar-refractivity contribution in [1.29, 1.82) is 0 Å². The third-order valence-corrected chi connectivity index (χ3v) is 2.91. The van der Waals surface area contributed by atoms with Gasteiger partial charge in [0.15, 0.2) is 0 Å². The molecule has 0 radical (unpaired) electrons. The summed E-state index contributed by atoms with van der Waals surface area (Å²) >= 11 is 6.03. The number of rotatable bonds is 2. The highest BCUT2D eigenvalue weighted by Crippen LogP contribution is 2.20. The van der Waals surface area contributed by atoms with Crippen molar-refractivity contribution in [3.63, 3.8) is 0 Å². The molecule has 0 atom stereocenters. The van der Waals surface area contributed by atoms with Crippen LogP contribution in [0.4, 0.5) is 5.69 Å². The summed E-state index contributed by atoms with van der Waals surface area (Å²) in [6, 6.07) is 14.1. The van der Waals surface area contributed by atoms with Gasteiger partial charge in [0.2, 0.25) is 0 Å². The summed E-state index contributed by atoms with van der Waals surface area (Å²) < 4.78 is 0. The fourth-order valence-electron chi connectivity index (χ4n) is 1.64. The predicted octanol–water partition coefficient (Wildman–Crippen LogP) is 2.90. The first-order valence-corrected chi connectivity index (χ1v) is 6.43. The van der Waals surface area contributed by atoms with Gasteiger partial charge in [-0.2, -0.15) is 0 Å². The standard InChI is InChI=1S/C16H13ClN2O/c17-15-9-8-14(11-13(15)7-4-10-18)19-16(20)12-5-2-1-3-6-12/h1-3,5-6,8-9,11H,10,18H2,(H,19,20). The number of carbonyl (C=O) groups is 1. The Morgan fingerprint density at radius 3 is 2.65 bits per heavy atom. The zero-order valence-electron chi connectivity index (χ0n) is 10.7. The minimum absolute atomic E-state index is 0.175. The zero-order chi connectivity index (χ0) is 14.4. The van der Waals surface area contributed by atoms with Gasteiger partial charge in [0.05, 0.1) is 11.6 Å². The summed E-state index contributed by atoms with van der Waals surface area (Å²) in [6.07, 6.45) is 0. The lowest BCUT2D eigenvalue weighted by atomic mass is 10.1. The lowest BCUT2D eigenvalue weighted by Crippen LogP contribution is -2.11. The Hall–Kier alpha value is -2.28. The van der Waals surface area contributed by atoms with Crippen LogP contribution in [0.5, 0.6) is 0 Å². The number of anilines is 1. The second-order valence-corrected chi connectivity index (χ2v) is 4.43. The monoisotopic (exact) mass is 284 g/mol. The second kappa shape index (κ2) is 6.76. The Morgan fingerprint density at radius 1 is 1.20 bits per heavy atom. The molecule has 4 heteroatoms. The van der Waals surface area contributed by atoms with Gasteiger partial charge in [-0.1, -0.05) is 41.6 Å². The number of hydrogen-bond acceptors (Lipinski definition) is 2. The summed E-state index contributed by atoms with van der Waals surface area (Å²) in [7, 11) is 0. The predicted molar refractivity (Wildman–Crippen MR) is 81.8 cm³/mol. The minimum Gasteiger partial charge on any atom is -0.322 e. The fraction of sp³-hybridized carbons (Fsp3) is 0.0625. The molecule has 0 saturated carbocycles. The van der Waals surface area contributed by atoms with Crippen LogP contribution in [0.2, 0.25) is 5.02 Å². The molecule has 0 bridgehead atoms. The van der Waals surface area contributed by atoms with Gasteiger partial charge in [0, 0.05) is 16.8 Å². The van der Waals surface area contributed by atoms with Crippen LogP contribution in [0.25, 0.3) is 0 Å². The van der Waals surface area contributed by atoms with Crippen LogP contribution in [0.15, 0.2) is 48.5 Å². The minimum atomic E-state index is -0.175. The van der Waals surface area contributed by atoms with Crippen LogP contribution in [-0.2, 0) is 0 Å². The van der Waals surface area contributed by atoms with E-state index in [1.165, 1.54) is 0 Å². The molecule has 0 saturated heterocycles. The molecule has 0 spiro atoms. The highest BCUT2D eigenvalue weighted by Gasteiger charge is 2.06. The van der Waals surface area contributed by atoms with Crippen LogP contribution < -0.4 is 11.1 Å². The Kier molecular flexibility index (Phi) is 4.78. The molecule has 0 aliphatic carbocycles. The summed E-state index contributed by atoms with van der Waals surface area (Å²) in [5.41, 5.74) is 7.21. The van der Waals surface area contributed by atoms with Crippen LogP contribution >= 0.6 is 11.6 Å². The Labute approximate surface area is 122 Å². The normalized spacial score (nSPS) is 9.50. The van der Waals surface area contributed by atoms with Crippen LogP contribution in [0.1, 0.15) is 15.9 Å². The molecule has 1 amide bonds. The van der Waals surface area contributed by atoms with Gasteiger partial charge in [0.1, 0.15) is 0 Å². The van der Waals surface area contributed by atoms with E-state index in [1.54, 1.807) is 30.3 Å². The van der Waals surface area contributed by atoms with Crippen molar-refractivity contribution in [2.24, 2.45) is 5.73 Å². The highest BCUT2D eigenvalue weighted by molar-refractivity contribution is 6.31. The molecular formula is C16H13ClN2O. The molecule has 2 aromatic carbocycles. The fourth-order valence-corrected chi connectivity index (χ4v) is 1.80. The lowest BCUT2D eigenvalue weighted by Gasteiger charge is -2.06. The van der Waals surface area contributed by atoms with E-state index in [9.17, 15) is 4.79 Å². The molecule has 100 valence electrons. The highest BCUT2D eigenvalue weighted by atomic mass is 35.5. The maximum atomic E-state index is 12.0. The molecule has 3 N–H and O–H groups in total. The first-order valence-electron chi connectivity index (χ1n) is 6.05. The van der Waals surface area contributed by atoms with E-state index in [4.69, 9.17) is 17.3 Å². The first kappa shape index (κ1) is 14.1. The van der Waals surface area contributed by atoms with E-state index in [-0.39, 0.29) is 12.5 Å². The van der Waals surface area contributed by atoms with Gasteiger partial charge in [-0.3, -0.25) is 4.79 Å². The molecule has 0 aliphatic rings. The molecule has 2 rings (SSSR count). The molecule has 0 unspecified atom stereocenters. The smallest absolute Gasteiger partial charge is 0.255 e. The first-order chi connectivity index (χ1) is 9.70. The Bertz CT molecular complexity index is 672. The maximum Gasteiger partial charge on any atom is 0.255 e. The molecule has 3 nitrogen and oxygen atoms in total. The largest absolute Gasteiger partial charge is 0.322 e. The van der Waals surface area contributed by atoms with E-state index in [1.807, 2.05) is 18.2 Å². The van der Waals surface area contributed by atoms with Crippen molar-refractivity contribution in [2.75, 3.05) is 11.9 Å². The van der Waals surface area contributed by atoms with E-state index >= 15 is 0 Å². The second-order valence-electron chi connectivity index (χ2n) is 4.02. The average Bonchev–Trinajstić information content (AvgIpc) is 2.48. The quantitative estimate of drug-likeness (QED) is 0.833. The van der Waals surface area contributed by atoms with Gasteiger partial charge in [-0.15, -0.1) is 0 Å². The molecule has 2 aromatic rings. The third-order valence-electron chi connectivity index (χ3n) is 2.59. The van der Waals surface area contributed by atoms with Crippen molar-refractivity contribution in [3.8, 4) is 11.8 Å². The van der Waals surface area contributed by atoms with Crippen molar-refractivity contribution in [3.05, 3.63) is 64.7 Å². The summed E-state index contributed by atoms with van der Waals surface area (Å²) in [4.78, 5) is 12.0. The van der Waals surface area contributed by atoms with E-state index in [0.717, 1.165) is 0 Å². The van der Waals surface area contributed by atoms with Gasteiger partial charge < -0.3 is 11.1 Å². The van der Waals surface area contributed by atoms with E-state index in [0.29, 0.717) is 21.8 Å². The topological polar surface area (TPSA) is 55.1 Å². The van der Waals surface area contributed by atoms with E-state index in [2.05, 4.69) is 17.2 Å².